The molecule has 3 aliphatic heterocycles. The molecule has 0 bridgehead atoms. The van der Waals surface area contributed by atoms with Crippen molar-refractivity contribution in [3.8, 4) is 0 Å². The van der Waals surface area contributed by atoms with E-state index in [0.29, 0.717) is 12.1 Å². The predicted octanol–water partition coefficient (Wildman–Crippen LogP) is -0.991. The molecule has 0 aromatic carbocycles. The first-order valence-corrected chi connectivity index (χ1v) is 7.47. The number of hydrogen-bond donors (Lipinski definition) is 4. The maximum absolute atomic E-state index is 12.8. The third-order valence-corrected chi connectivity index (χ3v) is 5.08. The van der Waals surface area contributed by atoms with Crippen LogP contribution in [0.25, 0.3) is 0 Å². The van der Waals surface area contributed by atoms with Gasteiger partial charge in [0.05, 0.1) is 24.4 Å². The monoisotopic (exact) mass is 335 g/mol. The summed E-state index contributed by atoms with van der Waals surface area (Å²) in [7, 11) is 1.33. The number of amides is 1. The van der Waals surface area contributed by atoms with E-state index in [9.17, 15) is 19.8 Å². The Bertz CT molecular complexity index is 782. The summed E-state index contributed by atoms with van der Waals surface area (Å²) in [5, 5.41) is 24.9. The molecule has 2 fully saturated rings. The second kappa shape index (κ2) is 4.52. The van der Waals surface area contributed by atoms with Gasteiger partial charge in [-0.15, -0.1) is 0 Å². The maximum atomic E-state index is 12.8. The molecule has 5 N–H and O–H groups in total. The molecule has 4 rings (SSSR count). The van der Waals surface area contributed by atoms with Gasteiger partial charge in [-0.2, -0.15) is 0 Å². The highest BCUT2D eigenvalue weighted by Crippen LogP contribution is 2.54. The first-order chi connectivity index (χ1) is 11.3. The molecule has 9 nitrogen and oxygen atoms in total. The zero-order valence-electron chi connectivity index (χ0n) is 13.1. The number of Topliss-reactive ketones (excluding diaryl/α,β-unsaturated/α-hetero) is 1. The van der Waals surface area contributed by atoms with Crippen LogP contribution in [0.4, 0.5) is 4.79 Å². The smallest absolute Gasteiger partial charge is 0.404 e. The number of piperazine rings is 1. The van der Waals surface area contributed by atoms with Crippen molar-refractivity contribution in [3.05, 3.63) is 33.9 Å². The highest BCUT2D eigenvalue weighted by atomic mass is 16.5. The lowest BCUT2D eigenvalue weighted by molar-refractivity contribution is -0.115. The summed E-state index contributed by atoms with van der Waals surface area (Å²) in [4.78, 5) is 25.4. The molecule has 2 saturated heterocycles. The number of primary amides is 1. The number of hydrogen-bond acceptors (Lipinski definition) is 8. The molecule has 0 spiro atoms. The molecule has 1 aliphatic carbocycles. The fraction of sp³-hybridized carbons (Fsp3) is 0.467. The molecule has 3 heterocycles. The van der Waals surface area contributed by atoms with Crippen LogP contribution < -0.4 is 11.1 Å². The van der Waals surface area contributed by atoms with E-state index in [0.717, 1.165) is 0 Å². The van der Waals surface area contributed by atoms with E-state index in [2.05, 4.69) is 5.32 Å². The summed E-state index contributed by atoms with van der Waals surface area (Å²) in [6, 6.07) is -0.259. The van der Waals surface area contributed by atoms with E-state index in [-0.39, 0.29) is 47.1 Å². The minimum absolute atomic E-state index is 0.00657. The molecule has 9 heteroatoms. The second-order valence-corrected chi connectivity index (χ2v) is 6.23. The summed E-state index contributed by atoms with van der Waals surface area (Å²) in [6.07, 6.45) is -1.01. The summed E-state index contributed by atoms with van der Waals surface area (Å²) in [6.45, 7) is 1.65. The van der Waals surface area contributed by atoms with Crippen molar-refractivity contribution in [1.29, 1.82) is 0 Å². The molecule has 0 saturated carbocycles. The van der Waals surface area contributed by atoms with E-state index in [1.807, 2.05) is 0 Å². The molecular formula is C15H17N3O6. The number of carbonyl (C=O) groups is 2. The van der Waals surface area contributed by atoms with Gasteiger partial charge < -0.3 is 35.6 Å². The van der Waals surface area contributed by atoms with Crippen molar-refractivity contribution in [1.82, 2.24) is 10.2 Å². The lowest BCUT2D eigenvalue weighted by atomic mass is 9.90. The lowest BCUT2D eigenvalue weighted by Crippen LogP contribution is -2.49. The fourth-order valence-electron chi connectivity index (χ4n) is 3.94. The van der Waals surface area contributed by atoms with E-state index in [1.165, 1.54) is 7.11 Å². The quantitative estimate of drug-likeness (QED) is 0.481. The Morgan fingerprint density at radius 2 is 2.25 bits per heavy atom. The topological polar surface area (TPSA) is 144 Å². The average molecular weight is 335 g/mol. The zero-order valence-corrected chi connectivity index (χ0v) is 13.1. The van der Waals surface area contributed by atoms with Crippen LogP contribution in [0.3, 0.4) is 0 Å². The molecule has 128 valence electrons. The van der Waals surface area contributed by atoms with Crippen molar-refractivity contribution in [2.45, 2.75) is 24.7 Å². The Kier molecular flexibility index (Phi) is 2.83. The van der Waals surface area contributed by atoms with Crippen molar-refractivity contribution >= 4 is 11.9 Å². The number of nitrogens with two attached hydrogens (primary N) is 1. The van der Waals surface area contributed by atoms with Crippen molar-refractivity contribution < 1.29 is 29.3 Å². The molecule has 0 unspecified atom stereocenters. The van der Waals surface area contributed by atoms with Crippen molar-refractivity contribution in [3.63, 3.8) is 0 Å². The van der Waals surface area contributed by atoms with E-state index < -0.39 is 17.6 Å². The highest BCUT2D eigenvalue weighted by molar-refractivity contribution is 6.13. The zero-order chi connectivity index (χ0) is 17.4. The van der Waals surface area contributed by atoms with Gasteiger partial charge in [0.15, 0.2) is 11.5 Å². The predicted molar refractivity (Wildman–Crippen MR) is 79.3 cm³/mol. The number of carbonyl (C=O) groups excluding carboxylic acids is 2. The van der Waals surface area contributed by atoms with E-state index in [1.54, 1.807) is 11.8 Å². The first-order valence-electron chi connectivity index (χ1n) is 7.47. The third kappa shape index (κ3) is 1.60. The third-order valence-electron chi connectivity index (χ3n) is 5.08. The number of allylic oxidation sites excluding steroid dienone is 3. The normalized spacial score (nSPS) is 33.6. The molecule has 0 aromatic heterocycles. The Balaban J connectivity index is 1.92. The van der Waals surface area contributed by atoms with E-state index in [4.69, 9.17) is 15.2 Å². The van der Waals surface area contributed by atoms with Gasteiger partial charge in [0, 0.05) is 23.7 Å². The Labute approximate surface area is 137 Å². The minimum Gasteiger partial charge on any atom is -0.505 e. The first kappa shape index (κ1) is 15.0. The molecule has 0 radical (unpaired) electrons. The van der Waals surface area contributed by atoms with Crippen LogP contribution in [0.1, 0.15) is 6.92 Å². The number of nitrogens with one attached hydrogen (secondary N) is 1. The van der Waals surface area contributed by atoms with Crippen LogP contribution in [0, 0.1) is 0 Å². The molecule has 4 aliphatic rings. The maximum Gasteiger partial charge on any atom is 0.404 e. The summed E-state index contributed by atoms with van der Waals surface area (Å²) >= 11 is 0. The number of rotatable bonds is 3. The van der Waals surface area contributed by atoms with Gasteiger partial charge in [-0.3, -0.25) is 4.79 Å². The van der Waals surface area contributed by atoms with Crippen molar-refractivity contribution in [2.75, 3.05) is 20.3 Å². The number of ether oxygens (including phenoxy) is 2. The van der Waals surface area contributed by atoms with Gasteiger partial charge in [-0.1, -0.05) is 0 Å². The Morgan fingerprint density at radius 3 is 2.88 bits per heavy atom. The fourth-order valence-corrected chi connectivity index (χ4v) is 3.94. The SMILES string of the molecule is COC1=C(C)C(O)=C2C(=C(COC(N)=O)[C@@]3(O)[C@H]4N[C@H]4CN23)C1=O. The van der Waals surface area contributed by atoms with Gasteiger partial charge in [-0.05, 0) is 6.92 Å². The lowest BCUT2D eigenvalue weighted by Gasteiger charge is -2.34. The van der Waals surface area contributed by atoms with Crippen LogP contribution >= 0.6 is 0 Å². The minimum atomic E-state index is -1.54. The van der Waals surface area contributed by atoms with Gasteiger partial charge >= 0.3 is 6.09 Å². The van der Waals surface area contributed by atoms with Gasteiger partial charge in [-0.25, -0.2) is 4.79 Å². The van der Waals surface area contributed by atoms with Gasteiger partial charge in [0.25, 0.3) is 0 Å². The molecule has 0 aromatic rings. The van der Waals surface area contributed by atoms with Crippen molar-refractivity contribution in [2.24, 2.45) is 5.73 Å². The van der Waals surface area contributed by atoms with Crippen LogP contribution in [-0.2, 0) is 14.3 Å². The Hall–Kier alpha value is -2.52. The highest BCUT2D eigenvalue weighted by Gasteiger charge is 2.69. The second-order valence-electron chi connectivity index (χ2n) is 6.23. The molecule has 24 heavy (non-hydrogen) atoms. The summed E-state index contributed by atoms with van der Waals surface area (Å²) < 4.78 is 9.96. The Morgan fingerprint density at radius 1 is 1.54 bits per heavy atom. The molecular weight excluding hydrogens is 318 g/mol. The van der Waals surface area contributed by atoms with E-state index >= 15 is 0 Å². The number of aliphatic hydroxyl groups is 2. The number of methoxy groups -OCH3 is 1. The number of ketones is 1. The van der Waals surface area contributed by atoms with Crippen LogP contribution in [-0.4, -0.2) is 65.1 Å². The van der Waals surface area contributed by atoms with Gasteiger partial charge in [0.2, 0.25) is 5.78 Å². The molecule has 1 amide bonds. The number of fused-ring (bicyclic) bond motifs is 5. The average Bonchev–Trinajstić information content (AvgIpc) is 3.17. The number of aliphatic hydroxyl groups excluding tert-OH is 1. The number of nitrogens with zero attached hydrogens (tertiary/aromatic N) is 1. The summed E-state index contributed by atoms with van der Waals surface area (Å²) in [5.41, 5.74) is 4.33. The van der Waals surface area contributed by atoms with Crippen LogP contribution in [0.15, 0.2) is 33.9 Å². The van der Waals surface area contributed by atoms with Crippen LogP contribution in [0.5, 0.6) is 0 Å². The largest absolute Gasteiger partial charge is 0.505 e. The summed E-state index contributed by atoms with van der Waals surface area (Å²) in [5.74, 6) is -0.603. The van der Waals surface area contributed by atoms with Crippen LogP contribution in [0.2, 0.25) is 0 Å². The van der Waals surface area contributed by atoms with Gasteiger partial charge in [0.1, 0.15) is 12.4 Å². The standard InChI is InChI=1S/C15H17N3O6/c1-5-10(19)9-8(11(20)12(5)23-2)6(4-24-14(16)21)15(22)13-7(17-13)3-18(9)15/h7,13,17,19,22H,3-4H2,1-2H3,(H2,16,21)/t7-,13-,15+/m0/s1. The molecule has 3 atom stereocenters.